The minimum absolute atomic E-state index is 0.142. The molecule has 1 aliphatic carbocycles. The molecule has 1 aromatic carbocycles. The Hall–Kier alpha value is -1.50. The summed E-state index contributed by atoms with van der Waals surface area (Å²) in [5.74, 6) is 0.212. The summed E-state index contributed by atoms with van der Waals surface area (Å²) in [7, 11) is 0. The Kier molecular flexibility index (Phi) is 4.52. The highest BCUT2D eigenvalue weighted by Gasteiger charge is 2.44. The molecule has 0 spiro atoms. The van der Waals surface area contributed by atoms with E-state index in [4.69, 9.17) is 0 Å². The maximum absolute atomic E-state index is 13.1. The van der Waals surface area contributed by atoms with Crippen LogP contribution in [0.4, 0.5) is 4.39 Å². The van der Waals surface area contributed by atoms with Gasteiger partial charge in [-0.3, -0.25) is 10.2 Å². The summed E-state index contributed by atoms with van der Waals surface area (Å²) in [5, 5.41) is 10.9. The van der Waals surface area contributed by atoms with Crippen LogP contribution in [0.1, 0.15) is 44.1 Å². The van der Waals surface area contributed by atoms with Crippen LogP contribution in [-0.2, 0) is 10.4 Å². The molecule has 5 nitrogen and oxygen atoms in total. The molecule has 6 heteroatoms. The fourth-order valence-corrected chi connectivity index (χ4v) is 4.63. The van der Waals surface area contributed by atoms with Crippen molar-refractivity contribution in [3.05, 3.63) is 35.6 Å². The molecule has 4 rings (SSSR count). The van der Waals surface area contributed by atoms with Gasteiger partial charge in [-0.1, -0.05) is 25.0 Å². The van der Waals surface area contributed by atoms with Gasteiger partial charge in [-0.15, -0.1) is 0 Å². The van der Waals surface area contributed by atoms with Crippen LogP contribution in [0, 0.1) is 11.7 Å². The molecule has 3 fully saturated rings. The minimum atomic E-state index is -0.973. The third kappa shape index (κ3) is 3.18. The number of hydrazine groups is 1. The molecule has 0 radical (unpaired) electrons. The summed E-state index contributed by atoms with van der Waals surface area (Å²) in [4.78, 5) is 14.8. The third-order valence-corrected chi connectivity index (χ3v) is 6.22. The topological polar surface area (TPSA) is 64.6 Å². The highest BCUT2D eigenvalue weighted by atomic mass is 19.1. The van der Waals surface area contributed by atoms with Crippen molar-refractivity contribution in [1.82, 2.24) is 15.8 Å². The monoisotopic (exact) mass is 347 g/mol. The van der Waals surface area contributed by atoms with Crippen LogP contribution in [0.3, 0.4) is 0 Å². The van der Waals surface area contributed by atoms with Gasteiger partial charge >= 0.3 is 0 Å². The van der Waals surface area contributed by atoms with Gasteiger partial charge in [0.25, 0.3) is 0 Å². The van der Waals surface area contributed by atoms with Crippen LogP contribution in [0.5, 0.6) is 0 Å². The number of piperidine rings is 1. The summed E-state index contributed by atoms with van der Waals surface area (Å²) in [6.07, 6.45) is 5.61. The maximum Gasteiger partial charge on any atom is 0.241 e. The van der Waals surface area contributed by atoms with Crippen molar-refractivity contribution in [2.24, 2.45) is 5.92 Å². The molecule has 3 atom stereocenters. The highest BCUT2D eigenvalue weighted by molar-refractivity contribution is 5.82. The molecule has 1 aromatic rings. The molecule has 3 aliphatic rings. The summed E-state index contributed by atoms with van der Waals surface area (Å²) < 4.78 is 13.1. The van der Waals surface area contributed by atoms with E-state index in [2.05, 4.69) is 10.9 Å². The zero-order valence-electron chi connectivity index (χ0n) is 14.4. The number of rotatable bonds is 2. The standard InChI is InChI=1S/C19H26FN3O2/c20-14-7-5-13(6-8-14)19(25)9-11-23(12-10-19)18(24)17-15-3-1-2-4-16(15)21-22-17/h5-8,15-17,21-22,25H,1-4,9-12H2. The van der Waals surface area contributed by atoms with Gasteiger partial charge < -0.3 is 10.0 Å². The fourth-order valence-electron chi connectivity index (χ4n) is 4.63. The van der Waals surface area contributed by atoms with Crippen molar-refractivity contribution < 1.29 is 14.3 Å². The lowest BCUT2D eigenvalue weighted by Crippen LogP contribution is -2.52. The van der Waals surface area contributed by atoms with E-state index in [1.807, 2.05) is 4.90 Å². The number of nitrogens with zero attached hydrogens (tertiary/aromatic N) is 1. The van der Waals surface area contributed by atoms with Crippen LogP contribution >= 0.6 is 0 Å². The molecule has 3 N–H and O–H groups in total. The zero-order chi connectivity index (χ0) is 17.4. The summed E-state index contributed by atoms with van der Waals surface area (Å²) in [6, 6.07) is 6.29. The maximum atomic E-state index is 13.1. The van der Waals surface area contributed by atoms with Gasteiger partial charge in [-0.25, -0.2) is 9.82 Å². The Balaban J connectivity index is 1.40. The first-order valence-corrected chi connectivity index (χ1v) is 9.35. The van der Waals surface area contributed by atoms with Crippen LogP contribution in [0.2, 0.25) is 0 Å². The Morgan fingerprint density at radius 1 is 1.12 bits per heavy atom. The Morgan fingerprint density at radius 2 is 1.80 bits per heavy atom. The lowest BCUT2D eigenvalue weighted by Gasteiger charge is -2.40. The average molecular weight is 347 g/mol. The molecule has 1 amide bonds. The first-order chi connectivity index (χ1) is 12.1. The van der Waals surface area contributed by atoms with Gasteiger partial charge in [-0.05, 0) is 43.4 Å². The number of hydrogen-bond donors (Lipinski definition) is 3. The molecule has 0 bridgehead atoms. The number of benzene rings is 1. The molecule has 1 saturated carbocycles. The first kappa shape index (κ1) is 16.9. The average Bonchev–Trinajstić information content (AvgIpc) is 3.06. The zero-order valence-corrected chi connectivity index (χ0v) is 14.4. The van der Waals surface area contributed by atoms with Crippen molar-refractivity contribution in [2.75, 3.05) is 13.1 Å². The molecule has 2 aliphatic heterocycles. The normalized spacial score (nSPS) is 31.6. The molecule has 136 valence electrons. The van der Waals surface area contributed by atoms with Crippen LogP contribution in [-0.4, -0.2) is 41.1 Å². The van der Waals surface area contributed by atoms with Crippen LogP contribution < -0.4 is 10.9 Å². The van der Waals surface area contributed by atoms with E-state index < -0.39 is 5.60 Å². The quantitative estimate of drug-likeness (QED) is 0.762. The van der Waals surface area contributed by atoms with Gasteiger partial charge in [-0.2, -0.15) is 0 Å². The van der Waals surface area contributed by atoms with Crippen molar-refractivity contribution in [3.8, 4) is 0 Å². The van der Waals surface area contributed by atoms with E-state index in [1.165, 1.54) is 25.0 Å². The Labute approximate surface area is 147 Å². The molecule has 25 heavy (non-hydrogen) atoms. The van der Waals surface area contributed by atoms with Gasteiger partial charge in [0.15, 0.2) is 0 Å². The van der Waals surface area contributed by atoms with E-state index in [-0.39, 0.29) is 17.8 Å². The third-order valence-electron chi connectivity index (χ3n) is 6.22. The Bertz CT molecular complexity index is 628. The number of carbonyl (C=O) groups is 1. The van der Waals surface area contributed by atoms with Crippen LogP contribution in [0.15, 0.2) is 24.3 Å². The number of nitrogens with one attached hydrogen (secondary N) is 2. The van der Waals surface area contributed by atoms with E-state index in [0.29, 0.717) is 37.9 Å². The van der Waals surface area contributed by atoms with Crippen molar-refractivity contribution >= 4 is 5.91 Å². The Morgan fingerprint density at radius 3 is 2.52 bits per heavy atom. The van der Waals surface area contributed by atoms with E-state index in [0.717, 1.165) is 18.4 Å². The van der Waals surface area contributed by atoms with Gasteiger partial charge in [0.2, 0.25) is 5.91 Å². The smallest absolute Gasteiger partial charge is 0.241 e. The van der Waals surface area contributed by atoms with Crippen LogP contribution in [0.25, 0.3) is 0 Å². The number of hydrogen-bond acceptors (Lipinski definition) is 4. The highest BCUT2D eigenvalue weighted by Crippen LogP contribution is 2.35. The van der Waals surface area contributed by atoms with Crippen molar-refractivity contribution in [1.29, 1.82) is 0 Å². The lowest BCUT2D eigenvalue weighted by atomic mass is 9.80. The predicted octanol–water partition coefficient (Wildman–Crippen LogP) is 1.67. The molecule has 0 aromatic heterocycles. The number of aliphatic hydroxyl groups is 1. The minimum Gasteiger partial charge on any atom is -0.385 e. The number of likely N-dealkylation sites (tertiary alicyclic amines) is 1. The molecule has 2 saturated heterocycles. The molecule has 2 heterocycles. The largest absolute Gasteiger partial charge is 0.385 e. The second-order valence-electron chi connectivity index (χ2n) is 7.68. The summed E-state index contributed by atoms with van der Waals surface area (Å²) in [5.41, 5.74) is 6.26. The van der Waals surface area contributed by atoms with E-state index in [9.17, 15) is 14.3 Å². The summed E-state index contributed by atoms with van der Waals surface area (Å²) in [6.45, 7) is 1.06. The van der Waals surface area contributed by atoms with Gasteiger partial charge in [0.1, 0.15) is 11.9 Å². The molecular weight excluding hydrogens is 321 g/mol. The van der Waals surface area contributed by atoms with E-state index >= 15 is 0 Å². The predicted molar refractivity (Wildman–Crippen MR) is 91.9 cm³/mol. The number of fused-ring (bicyclic) bond motifs is 1. The number of halogens is 1. The molecule has 3 unspecified atom stereocenters. The van der Waals surface area contributed by atoms with Crippen molar-refractivity contribution in [3.63, 3.8) is 0 Å². The number of amides is 1. The second kappa shape index (κ2) is 6.67. The SMILES string of the molecule is O=C(C1NNC2CCCCC21)N1CCC(O)(c2ccc(F)cc2)CC1. The fraction of sp³-hybridized carbons (Fsp3) is 0.632. The van der Waals surface area contributed by atoms with E-state index in [1.54, 1.807) is 12.1 Å². The summed E-state index contributed by atoms with van der Waals surface area (Å²) >= 11 is 0. The number of carbonyl (C=O) groups excluding carboxylic acids is 1. The van der Waals surface area contributed by atoms with Crippen molar-refractivity contribution in [2.45, 2.75) is 56.2 Å². The molecular formula is C19H26FN3O2. The van der Waals surface area contributed by atoms with Gasteiger partial charge in [0.05, 0.1) is 5.60 Å². The first-order valence-electron chi connectivity index (χ1n) is 9.35. The lowest BCUT2D eigenvalue weighted by molar-refractivity contribution is -0.139. The van der Waals surface area contributed by atoms with Gasteiger partial charge in [0, 0.05) is 25.0 Å². The second-order valence-corrected chi connectivity index (χ2v) is 7.68.